The van der Waals surface area contributed by atoms with E-state index < -0.39 is 0 Å². The molecule has 1 aromatic carbocycles. The summed E-state index contributed by atoms with van der Waals surface area (Å²) in [6.07, 6.45) is 1.84. The number of hydrogen-bond acceptors (Lipinski definition) is 4. The van der Waals surface area contributed by atoms with E-state index in [1.54, 1.807) is 0 Å². The molecule has 1 fully saturated rings. The fourth-order valence-electron chi connectivity index (χ4n) is 2.52. The zero-order chi connectivity index (χ0) is 13.4. The molecule has 0 amide bonds. The highest BCUT2D eigenvalue weighted by molar-refractivity contribution is 9.10. The van der Waals surface area contributed by atoms with Crippen molar-refractivity contribution in [3.05, 3.63) is 28.9 Å². The molecular weight excluding hydrogens is 322 g/mol. The quantitative estimate of drug-likeness (QED) is 0.808. The van der Waals surface area contributed by atoms with Gasteiger partial charge in [0.25, 0.3) is 0 Å². The predicted molar refractivity (Wildman–Crippen MR) is 88.0 cm³/mol. The number of pyridine rings is 1. The molecule has 0 aliphatic carbocycles. The Morgan fingerprint density at radius 2 is 2.32 bits per heavy atom. The van der Waals surface area contributed by atoms with Gasteiger partial charge in [-0.15, -0.1) is 0 Å². The van der Waals surface area contributed by atoms with Crippen LogP contribution in [-0.2, 0) is 0 Å². The van der Waals surface area contributed by atoms with Crippen molar-refractivity contribution < 1.29 is 0 Å². The van der Waals surface area contributed by atoms with Crippen molar-refractivity contribution in [3.8, 4) is 0 Å². The average molecular weight is 338 g/mol. The van der Waals surface area contributed by atoms with Gasteiger partial charge in [0.05, 0.1) is 11.2 Å². The van der Waals surface area contributed by atoms with Gasteiger partial charge in [0, 0.05) is 45.8 Å². The zero-order valence-electron chi connectivity index (χ0n) is 10.8. The Balaban J connectivity index is 2.16. The molecule has 1 aliphatic heterocycles. The molecule has 2 N–H and O–H groups in total. The normalized spacial score (nSPS) is 19.9. The molecule has 1 aliphatic rings. The van der Waals surface area contributed by atoms with Gasteiger partial charge in [-0.2, -0.15) is 11.8 Å². The summed E-state index contributed by atoms with van der Waals surface area (Å²) in [5, 5.41) is 1.03. The van der Waals surface area contributed by atoms with Gasteiger partial charge in [-0.1, -0.05) is 0 Å². The monoisotopic (exact) mass is 337 g/mol. The van der Waals surface area contributed by atoms with E-state index in [0.29, 0.717) is 6.04 Å². The fourth-order valence-corrected chi connectivity index (χ4v) is 3.86. The maximum absolute atomic E-state index is 6.07. The van der Waals surface area contributed by atoms with E-state index in [4.69, 9.17) is 5.73 Å². The van der Waals surface area contributed by atoms with Crippen molar-refractivity contribution >= 4 is 50.0 Å². The Bertz CT molecular complexity index is 617. The van der Waals surface area contributed by atoms with Crippen molar-refractivity contribution in [2.45, 2.75) is 13.0 Å². The third-order valence-corrected chi connectivity index (χ3v) is 5.13. The molecule has 1 unspecified atom stereocenters. The van der Waals surface area contributed by atoms with E-state index in [1.165, 1.54) is 17.2 Å². The largest absolute Gasteiger partial charge is 0.398 e. The summed E-state index contributed by atoms with van der Waals surface area (Å²) in [6.45, 7) is 3.34. The van der Waals surface area contributed by atoms with Crippen LogP contribution in [-0.4, -0.2) is 29.1 Å². The topological polar surface area (TPSA) is 42.1 Å². The Kier molecular flexibility index (Phi) is 3.58. The number of benzene rings is 1. The number of anilines is 2. The third-order valence-electron chi connectivity index (χ3n) is 3.51. The Hall–Kier alpha value is -0.940. The van der Waals surface area contributed by atoms with Crippen LogP contribution in [0.2, 0.25) is 0 Å². The molecule has 19 heavy (non-hydrogen) atoms. The predicted octanol–water partition coefficient (Wildman–Crippen LogP) is 3.52. The van der Waals surface area contributed by atoms with Crippen LogP contribution in [0.5, 0.6) is 0 Å². The van der Waals surface area contributed by atoms with Gasteiger partial charge in [0.1, 0.15) is 0 Å². The lowest BCUT2D eigenvalue weighted by Gasteiger charge is -2.35. The van der Waals surface area contributed by atoms with Crippen molar-refractivity contribution in [2.75, 3.05) is 28.7 Å². The second kappa shape index (κ2) is 5.21. The summed E-state index contributed by atoms with van der Waals surface area (Å²) < 4.78 is 0.964. The van der Waals surface area contributed by atoms with Crippen LogP contribution in [0, 0.1) is 0 Å². The number of fused-ring (bicyclic) bond motifs is 1. The number of hydrogen-bond donors (Lipinski definition) is 1. The van der Waals surface area contributed by atoms with E-state index in [9.17, 15) is 0 Å². The van der Waals surface area contributed by atoms with Crippen molar-refractivity contribution in [1.82, 2.24) is 4.98 Å². The number of nitrogens with two attached hydrogens (primary N) is 1. The van der Waals surface area contributed by atoms with Gasteiger partial charge in [0.2, 0.25) is 0 Å². The highest BCUT2D eigenvalue weighted by atomic mass is 79.9. The van der Waals surface area contributed by atoms with Gasteiger partial charge >= 0.3 is 0 Å². The minimum absolute atomic E-state index is 0.538. The molecule has 1 atom stereocenters. The highest BCUT2D eigenvalue weighted by Crippen LogP contribution is 2.33. The van der Waals surface area contributed by atoms with E-state index in [1.807, 2.05) is 30.1 Å². The lowest BCUT2D eigenvalue weighted by molar-refractivity contribution is 0.702. The third kappa shape index (κ3) is 2.41. The summed E-state index contributed by atoms with van der Waals surface area (Å²) >= 11 is 5.48. The molecular formula is C14H16BrN3S. The Morgan fingerprint density at radius 3 is 3.11 bits per heavy atom. The van der Waals surface area contributed by atoms with Gasteiger partial charge in [-0.05, 0) is 41.1 Å². The van der Waals surface area contributed by atoms with Gasteiger partial charge in [-0.3, -0.25) is 4.98 Å². The van der Waals surface area contributed by atoms with Gasteiger partial charge < -0.3 is 10.6 Å². The van der Waals surface area contributed by atoms with E-state index in [0.717, 1.165) is 27.6 Å². The maximum Gasteiger partial charge on any atom is 0.0956 e. The molecule has 5 heteroatoms. The molecule has 100 valence electrons. The lowest BCUT2D eigenvalue weighted by Crippen LogP contribution is -2.40. The van der Waals surface area contributed by atoms with E-state index >= 15 is 0 Å². The second-order valence-electron chi connectivity index (χ2n) is 4.84. The lowest BCUT2D eigenvalue weighted by atomic mass is 10.1. The van der Waals surface area contributed by atoms with Crippen molar-refractivity contribution in [3.63, 3.8) is 0 Å². The fraction of sp³-hybridized carbons (Fsp3) is 0.357. The summed E-state index contributed by atoms with van der Waals surface area (Å²) in [5.41, 5.74) is 9.06. The average Bonchev–Trinajstić information content (AvgIpc) is 2.41. The smallest absolute Gasteiger partial charge is 0.0956 e. The highest BCUT2D eigenvalue weighted by Gasteiger charge is 2.21. The molecule has 3 rings (SSSR count). The SMILES string of the molecule is CC1CSCCN1c1ccc(N)c2cc(Br)cnc12. The first-order valence-electron chi connectivity index (χ1n) is 6.35. The second-order valence-corrected chi connectivity index (χ2v) is 6.91. The van der Waals surface area contributed by atoms with Crippen LogP contribution >= 0.6 is 27.7 Å². The van der Waals surface area contributed by atoms with Gasteiger partial charge in [-0.25, -0.2) is 0 Å². The summed E-state index contributed by atoms with van der Waals surface area (Å²) in [4.78, 5) is 7.02. The van der Waals surface area contributed by atoms with Crippen LogP contribution in [0.15, 0.2) is 28.9 Å². The summed E-state index contributed by atoms with van der Waals surface area (Å²) in [7, 11) is 0. The molecule has 2 aromatic rings. The molecule has 3 nitrogen and oxygen atoms in total. The number of thioether (sulfide) groups is 1. The molecule has 0 saturated carbocycles. The number of nitrogens with zero attached hydrogens (tertiary/aromatic N) is 2. The molecule has 0 radical (unpaired) electrons. The van der Waals surface area contributed by atoms with Crippen LogP contribution < -0.4 is 10.6 Å². The van der Waals surface area contributed by atoms with Crippen molar-refractivity contribution in [2.24, 2.45) is 0 Å². The van der Waals surface area contributed by atoms with Crippen LogP contribution in [0.3, 0.4) is 0 Å². The minimum atomic E-state index is 0.538. The molecule has 2 heterocycles. The molecule has 1 saturated heterocycles. The summed E-state index contributed by atoms with van der Waals surface area (Å²) in [6, 6.07) is 6.67. The maximum atomic E-state index is 6.07. The minimum Gasteiger partial charge on any atom is -0.398 e. The van der Waals surface area contributed by atoms with Crippen LogP contribution in [0.1, 0.15) is 6.92 Å². The first-order chi connectivity index (χ1) is 9.16. The van der Waals surface area contributed by atoms with E-state index in [-0.39, 0.29) is 0 Å². The first kappa shape index (κ1) is 13.1. The Morgan fingerprint density at radius 1 is 1.47 bits per heavy atom. The molecule has 0 spiro atoms. The summed E-state index contributed by atoms with van der Waals surface area (Å²) in [5.74, 6) is 2.34. The van der Waals surface area contributed by atoms with Gasteiger partial charge in [0.15, 0.2) is 0 Å². The molecule has 1 aromatic heterocycles. The standard InChI is InChI=1S/C14H16BrN3S/c1-9-8-19-5-4-18(9)13-3-2-12(16)11-6-10(15)7-17-14(11)13/h2-3,6-7,9H,4-5,8,16H2,1H3. The van der Waals surface area contributed by atoms with Crippen molar-refractivity contribution in [1.29, 1.82) is 0 Å². The van der Waals surface area contributed by atoms with Crippen LogP contribution in [0.25, 0.3) is 10.9 Å². The number of nitrogen functional groups attached to an aromatic ring is 1. The number of halogens is 1. The molecule has 0 bridgehead atoms. The Labute approximate surface area is 125 Å². The number of rotatable bonds is 1. The van der Waals surface area contributed by atoms with E-state index in [2.05, 4.69) is 38.8 Å². The number of aromatic nitrogens is 1. The first-order valence-corrected chi connectivity index (χ1v) is 8.29. The van der Waals surface area contributed by atoms with Crippen LogP contribution in [0.4, 0.5) is 11.4 Å². The zero-order valence-corrected chi connectivity index (χ0v) is 13.2.